The van der Waals surface area contributed by atoms with E-state index in [0.29, 0.717) is 22.0 Å². The van der Waals surface area contributed by atoms with Crippen molar-refractivity contribution in [2.45, 2.75) is 31.8 Å². The van der Waals surface area contributed by atoms with Crippen molar-refractivity contribution in [1.82, 2.24) is 34.1 Å². The number of nitrogens with zero attached hydrogens (tertiary/aromatic N) is 7. The van der Waals surface area contributed by atoms with Crippen LogP contribution >= 0.6 is 11.6 Å². The zero-order chi connectivity index (χ0) is 27.4. The zero-order valence-electron chi connectivity index (χ0n) is 19.4. The normalized spacial score (nSPS) is 12.4. The Morgan fingerprint density at radius 1 is 1.16 bits per heavy atom. The number of hydrogen-bond donors (Lipinski definition) is 3. The van der Waals surface area contributed by atoms with Crippen LogP contribution in [0.15, 0.2) is 53.8 Å². The van der Waals surface area contributed by atoms with E-state index in [1.165, 1.54) is 47.7 Å². The van der Waals surface area contributed by atoms with Gasteiger partial charge in [0.05, 0.1) is 24.8 Å². The summed E-state index contributed by atoms with van der Waals surface area (Å²) < 4.78 is 42.1. The molecule has 0 radical (unpaired) electrons. The van der Waals surface area contributed by atoms with Gasteiger partial charge in [-0.2, -0.15) is 13.2 Å². The maximum Gasteiger partial charge on any atom is 0.416 e. The Hall–Kier alpha value is -4.24. The van der Waals surface area contributed by atoms with Gasteiger partial charge in [0.15, 0.2) is 17.8 Å². The van der Waals surface area contributed by atoms with Gasteiger partial charge in [-0.15, -0.1) is 10.2 Å². The number of anilines is 1. The molecule has 16 heteroatoms. The highest BCUT2D eigenvalue weighted by molar-refractivity contribution is 6.30. The molecule has 0 aliphatic rings. The first kappa shape index (κ1) is 26.8. The molecule has 1 atom stereocenters. The van der Waals surface area contributed by atoms with Crippen LogP contribution < -0.4 is 11.0 Å². The highest BCUT2D eigenvalue weighted by atomic mass is 35.5. The molecular formula is C22H20ClF3N8O4. The third-order valence-electron chi connectivity index (χ3n) is 5.29. The third-order valence-corrected chi connectivity index (χ3v) is 5.54. The van der Waals surface area contributed by atoms with E-state index >= 15 is 0 Å². The van der Waals surface area contributed by atoms with E-state index in [0.717, 1.165) is 9.25 Å². The SMILES string of the molecule is O=C(O)CCNc1ccncc1-n1cnc(Cn2nc(-c3ccc(Cl)cc3)n(CC(O)C(F)(F)F)c2=O)n1. The number of rotatable bonds is 10. The van der Waals surface area contributed by atoms with Gasteiger partial charge in [-0.05, 0) is 30.3 Å². The van der Waals surface area contributed by atoms with Gasteiger partial charge >= 0.3 is 17.8 Å². The van der Waals surface area contributed by atoms with E-state index in [1.807, 2.05) is 0 Å². The Kier molecular flexibility index (Phi) is 7.78. The summed E-state index contributed by atoms with van der Waals surface area (Å²) in [5.74, 6) is -0.968. The van der Waals surface area contributed by atoms with Crippen molar-refractivity contribution in [2.75, 3.05) is 11.9 Å². The van der Waals surface area contributed by atoms with Crippen molar-refractivity contribution in [3.05, 3.63) is 70.4 Å². The Morgan fingerprint density at radius 3 is 2.58 bits per heavy atom. The molecule has 12 nitrogen and oxygen atoms in total. The molecule has 0 fully saturated rings. The molecule has 4 aromatic rings. The molecule has 3 heterocycles. The van der Waals surface area contributed by atoms with Gasteiger partial charge in [-0.25, -0.2) is 19.1 Å². The highest BCUT2D eigenvalue weighted by Crippen LogP contribution is 2.24. The Labute approximate surface area is 217 Å². The number of hydrogen-bond acceptors (Lipinski definition) is 8. The molecule has 0 spiro atoms. The average Bonchev–Trinajstić information content (AvgIpc) is 3.44. The van der Waals surface area contributed by atoms with Crippen molar-refractivity contribution in [2.24, 2.45) is 0 Å². The molecule has 0 aliphatic carbocycles. The minimum absolute atomic E-state index is 0.105. The van der Waals surface area contributed by atoms with Crippen LogP contribution in [0.1, 0.15) is 12.2 Å². The lowest BCUT2D eigenvalue weighted by Crippen LogP contribution is -2.37. The third kappa shape index (κ3) is 6.18. The van der Waals surface area contributed by atoms with Gasteiger partial charge in [0.25, 0.3) is 0 Å². The molecule has 1 unspecified atom stereocenters. The lowest BCUT2D eigenvalue weighted by atomic mass is 10.2. The number of benzene rings is 1. The number of halogens is 4. The number of carbonyl (C=O) groups is 1. The molecule has 0 amide bonds. The second-order valence-electron chi connectivity index (χ2n) is 8.01. The van der Waals surface area contributed by atoms with Gasteiger partial charge in [0.2, 0.25) is 0 Å². The average molecular weight is 553 g/mol. The van der Waals surface area contributed by atoms with Crippen molar-refractivity contribution in [3.8, 4) is 17.1 Å². The number of alkyl halides is 3. The number of aliphatic carboxylic acids is 1. The van der Waals surface area contributed by atoms with E-state index in [-0.39, 0.29) is 31.2 Å². The fourth-order valence-electron chi connectivity index (χ4n) is 3.44. The minimum atomic E-state index is -4.95. The monoisotopic (exact) mass is 552 g/mol. The fraction of sp³-hybridized carbons (Fsp3) is 0.273. The van der Waals surface area contributed by atoms with Crippen molar-refractivity contribution in [3.63, 3.8) is 0 Å². The smallest absolute Gasteiger partial charge is 0.416 e. The summed E-state index contributed by atoms with van der Waals surface area (Å²) in [6.45, 7) is -1.20. The van der Waals surface area contributed by atoms with Crippen LogP contribution in [0.5, 0.6) is 0 Å². The molecule has 1 aromatic carbocycles. The van der Waals surface area contributed by atoms with E-state index in [1.54, 1.807) is 6.07 Å². The number of nitrogens with one attached hydrogen (secondary N) is 1. The second kappa shape index (κ2) is 11.0. The molecule has 3 N–H and O–H groups in total. The van der Waals surface area contributed by atoms with Gasteiger partial charge in [0.1, 0.15) is 18.6 Å². The predicted octanol–water partition coefficient (Wildman–Crippen LogP) is 2.20. The van der Waals surface area contributed by atoms with Gasteiger partial charge in [-0.1, -0.05) is 11.6 Å². The fourth-order valence-corrected chi connectivity index (χ4v) is 3.57. The van der Waals surface area contributed by atoms with E-state index in [4.69, 9.17) is 16.7 Å². The predicted molar refractivity (Wildman–Crippen MR) is 128 cm³/mol. The van der Waals surface area contributed by atoms with Crippen LogP contribution in [-0.2, 0) is 17.9 Å². The van der Waals surface area contributed by atoms with Crippen molar-refractivity contribution >= 4 is 23.3 Å². The molecule has 0 saturated heterocycles. The molecule has 0 bridgehead atoms. The number of aromatic nitrogens is 7. The minimum Gasteiger partial charge on any atom is -0.481 e. The van der Waals surface area contributed by atoms with Crippen LogP contribution in [0.2, 0.25) is 5.02 Å². The van der Waals surface area contributed by atoms with E-state index in [9.17, 15) is 27.9 Å². The van der Waals surface area contributed by atoms with E-state index < -0.39 is 30.5 Å². The van der Waals surface area contributed by atoms with Gasteiger partial charge in [0, 0.05) is 23.3 Å². The molecule has 3 aromatic heterocycles. The summed E-state index contributed by atoms with van der Waals surface area (Å²) in [6.07, 6.45) is -3.54. The van der Waals surface area contributed by atoms with Crippen molar-refractivity contribution in [1.29, 1.82) is 0 Å². The summed E-state index contributed by atoms with van der Waals surface area (Å²) in [6, 6.07) is 7.57. The largest absolute Gasteiger partial charge is 0.481 e. The zero-order valence-corrected chi connectivity index (χ0v) is 20.1. The Morgan fingerprint density at radius 2 is 1.89 bits per heavy atom. The van der Waals surface area contributed by atoms with Crippen LogP contribution in [0.25, 0.3) is 17.1 Å². The number of carboxylic acid groups (broad SMARTS) is 1. The molecule has 4 rings (SSSR count). The lowest BCUT2D eigenvalue weighted by molar-refractivity contribution is -0.207. The summed E-state index contributed by atoms with van der Waals surface area (Å²) in [5, 5.41) is 30.3. The molecule has 0 saturated carbocycles. The summed E-state index contributed by atoms with van der Waals surface area (Å²) >= 11 is 5.90. The van der Waals surface area contributed by atoms with Gasteiger partial charge < -0.3 is 15.5 Å². The Balaban J connectivity index is 1.64. The first-order valence-corrected chi connectivity index (χ1v) is 11.4. The lowest BCUT2D eigenvalue weighted by Gasteiger charge is -2.15. The number of pyridine rings is 1. The van der Waals surface area contributed by atoms with Crippen LogP contribution in [0.3, 0.4) is 0 Å². The standard InChI is InChI=1S/C22H20ClF3N8O4/c23-14-3-1-13(2-4-14)20-31-33(21(38)32(20)10-17(35)22(24,25)26)11-18-29-12-34(30-18)16-9-27-7-5-15(16)28-8-6-19(36)37/h1-5,7,9,12,17,35H,6,8,10-11H2,(H,27,28)(H,36,37). The Bertz CT molecular complexity index is 1480. The van der Waals surface area contributed by atoms with Crippen LogP contribution in [0, 0.1) is 0 Å². The number of aliphatic hydroxyl groups excluding tert-OH is 1. The van der Waals surface area contributed by atoms with E-state index in [2.05, 4.69) is 25.5 Å². The molecular weight excluding hydrogens is 533 g/mol. The molecule has 200 valence electrons. The quantitative estimate of drug-likeness (QED) is 0.269. The number of carboxylic acids is 1. The highest BCUT2D eigenvalue weighted by Gasteiger charge is 2.39. The molecule has 38 heavy (non-hydrogen) atoms. The first-order chi connectivity index (χ1) is 18.0. The van der Waals surface area contributed by atoms with Crippen molar-refractivity contribution < 1.29 is 28.2 Å². The summed E-state index contributed by atoms with van der Waals surface area (Å²) in [5.41, 5.74) is 0.382. The summed E-state index contributed by atoms with van der Waals surface area (Å²) in [7, 11) is 0. The van der Waals surface area contributed by atoms with Crippen LogP contribution in [0.4, 0.5) is 18.9 Å². The van der Waals surface area contributed by atoms with Gasteiger partial charge in [-0.3, -0.25) is 14.3 Å². The first-order valence-electron chi connectivity index (χ1n) is 11.0. The number of aliphatic hydroxyl groups is 1. The molecule has 0 aliphatic heterocycles. The summed E-state index contributed by atoms with van der Waals surface area (Å²) in [4.78, 5) is 32.0. The maximum atomic E-state index is 13.0. The topological polar surface area (TPSA) is 153 Å². The van der Waals surface area contributed by atoms with Crippen LogP contribution in [-0.4, -0.2) is 69.1 Å². The maximum absolute atomic E-state index is 13.0. The second-order valence-corrected chi connectivity index (χ2v) is 8.44.